The third-order valence-corrected chi connectivity index (χ3v) is 3.18. The second kappa shape index (κ2) is 11.6. The van der Waals surface area contributed by atoms with Gasteiger partial charge in [-0.05, 0) is 18.9 Å². The first kappa shape index (κ1) is 19.1. The first-order valence-electron chi connectivity index (χ1n) is 8.11. The van der Waals surface area contributed by atoms with Crippen LogP contribution in [0.3, 0.4) is 0 Å². The molecule has 0 fully saturated rings. The van der Waals surface area contributed by atoms with Gasteiger partial charge in [0.05, 0.1) is 0 Å². The van der Waals surface area contributed by atoms with Crippen molar-refractivity contribution >= 4 is 5.78 Å². The molecule has 3 nitrogen and oxygen atoms in total. The van der Waals surface area contributed by atoms with Crippen LogP contribution in [0, 0.1) is 0 Å². The van der Waals surface area contributed by atoms with Gasteiger partial charge >= 0.3 is 0 Å². The highest BCUT2D eigenvalue weighted by atomic mass is 16.5. The van der Waals surface area contributed by atoms with E-state index in [-0.39, 0.29) is 12.4 Å². The molecule has 1 atom stereocenters. The minimum absolute atomic E-state index is 0.0212. The van der Waals surface area contributed by atoms with Crippen LogP contribution in [0.25, 0.3) is 0 Å². The van der Waals surface area contributed by atoms with Gasteiger partial charge in [0.25, 0.3) is 0 Å². The normalized spacial score (nSPS) is 11.3. The van der Waals surface area contributed by atoms with Gasteiger partial charge in [-0.3, -0.25) is 4.79 Å². The first-order chi connectivity index (χ1) is 11.2. The molecule has 3 heteroatoms. The van der Waals surface area contributed by atoms with Gasteiger partial charge in [0, 0.05) is 18.8 Å². The Bertz CT molecular complexity index is 537. The highest BCUT2D eigenvalue weighted by Crippen LogP contribution is 2.22. The summed E-state index contributed by atoms with van der Waals surface area (Å²) < 4.78 is 5.84. The molecule has 0 aliphatic carbocycles. The quantitative estimate of drug-likeness (QED) is 0.607. The molecule has 23 heavy (non-hydrogen) atoms. The molecule has 2 rings (SSSR count). The van der Waals surface area contributed by atoms with E-state index >= 15 is 0 Å². The van der Waals surface area contributed by atoms with E-state index in [0.717, 1.165) is 18.4 Å². The molecule has 2 aromatic rings. The molecule has 0 spiro atoms. The molecule has 0 bridgehead atoms. The summed E-state index contributed by atoms with van der Waals surface area (Å²) in [5.74, 6) is 0.0212. The Kier molecular flexibility index (Phi) is 9.60. The fourth-order valence-electron chi connectivity index (χ4n) is 2.05. The monoisotopic (exact) mass is 314 g/mol. The number of hydrogen-bond donors (Lipinski definition) is 1. The Morgan fingerprint density at radius 3 is 2.04 bits per heavy atom. The molecule has 0 saturated carbocycles. The smallest absolute Gasteiger partial charge is 0.196 e. The summed E-state index contributed by atoms with van der Waals surface area (Å²) in [5, 5.41) is 7.57. The van der Waals surface area contributed by atoms with Gasteiger partial charge < -0.3 is 9.84 Å². The van der Waals surface area contributed by atoms with Gasteiger partial charge in [-0.1, -0.05) is 74.0 Å². The molecule has 2 aromatic carbocycles. The van der Waals surface area contributed by atoms with Gasteiger partial charge in [0.2, 0.25) is 0 Å². The SMILES string of the molecule is CCCCOC(C(=O)c1ccccc1)c1ccccc1.CCO. The third-order valence-electron chi connectivity index (χ3n) is 3.18. The Morgan fingerprint density at radius 2 is 1.52 bits per heavy atom. The van der Waals surface area contributed by atoms with Crippen molar-refractivity contribution in [3.05, 3.63) is 71.8 Å². The first-order valence-corrected chi connectivity index (χ1v) is 8.11. The van der Waals surface area contributed by atoms with Gasteiger partial charge in [0.1, 0.15) is 6.10 Å². The number of rotatable bonds is 7. The van der Waals surface area contributed by atoms with Crippen LogP contribution in [-0.4, -0.2) is 24.1 Å². The number of aliphatic hydroxyl groups is 1. The molecular formula is C20H26O3. The maximum absolute atomic E-state index is 12.6. The maximum Gasteiger partial charge on any atom is 0.196 e. The Hall–Kier alpha value is -1.97. The highest BCUT2D eigenvalue weighted by Gasteiger charge is 2.22. The summed E-state index contributed by atoms with van der Waals surface area (Å²) >= 11 is 0. The van der Waals surface area contributed by atoms with Crippen molar-refractivity contribution in [3.8, 4) is 0 Å². The summed E-state index contributed by atoms with van der Waals surface area (Å²) in [7, 11) is 0. The second-order valence-electron chi connectivity index (χ2n) is 5.06. The molecule has 1 N–H and O–H groups in total. The van der Waals surface area contributed by atoms with Crippen molar-refractivity contribution < 1.29 is 14.6 Å². The standard InChI is InChI=1S/C18H20O2.C2H6O/c1-2-3-14-20-18(16-12-8-5-9-13-16)17(19)15-10-6-4-7-11-15;1-2-3/h4-13,18H,2-3,14H2,1H3;3H,2H2,1H3. The van der Waals surface area contributed by atoms with Crippen LogP contribution in [0.15, 0.2) is 60.7 Å². The fourth-order valence-corrected chi connectivity index (χ4v) is 2.05. The lowest BCUT2D eigenvalue weighted by atomic mass is 10.00. The number of unbranched alkanes of at least 4 members (excludes halogenated alkanes) is 1. The van der Waals surface area contributed by atoms with Gasteiger partial charge in [-0.15, -0.1) is 0 Å². The van der Waals surface area contributed by atoms with Gasteiger partial charge in [-0.2, -0.15) is 0 Å². The number of ether oxygens (including phenoxy) is 1. The number of carbonyl (C=O) groups is 1. The van der Waals surface area contributed by atoms with Crippen LogP contribution in [0.1, 0.15) is 48.7 Å². The molecule has 0 saturated heterocycles. The second-order valence-corrected chi connectivity index (χ2v) is 5.06. The van der Waals surface area contributed by atoms with Crippen molar-refractivity contribution in [1.82, 2.24) is 0 Å². The number of carbonyl (C=O) groups excluding carboxylic acids is 1. The summed E-state index contributed by atoms with van der Waals surface area (Å²) in [5.41, 5.74) is 1.61. The van der Waals surface area contributed by atoms with Gasteiger partial charge in [0.15, 0.2) is 5.78 Å². The molecule has 0 aliphatic heterocycles. The van der Waals surface area contributed by atoms with E-state index in [2.05, 4.69) is 6.92 Å². The number of benzene rings is 2. The fraction of sp³-hybridized carbons (Fsp3) is 0.350. The Labute approximate surface area is 138 Å². The highest BCUT2D eigenvalue weighted by molar-refractivity contribution is 6.00. The molecule has 0 aromatic heterocycles. The average Bonchev–Trinajstić information content (AvgIpc) is 2.60. The summed E-state index contributed by atoms with van der Waals surface area (Å²) in [6, 6.07) is 19.0. The number of ketones is 1. The van der Waals surface area contributed by atoms with Crippen LogP contribution in [0.4, 0.5) is 0 Å². The van der Waals surface area contributed by atoms with E-state index in [9.17, 15) is 4.79 Å². The topological polar surface area (TPSA) is 46.5 Å². The number of aliphatic hydroxyl groups excluding tert-OH is 1. The summed E-state index contributed by atoms with van der Waals surface area (Å²) in [6.07, 6.45) is 1.51. The van der Waals surface area contributed by atoms with Crippen molar-refractivity contribution in [2.45, 2.75) is 32.8 Å². The van der Waals surface area contributed by atoms with E-state index in [4.69, 9.17) is 9.84 Å². The van der Waals surface area contributed by atoms with Crippen LogP contribution in [-0.2, 0) is 4.74 Å². The minimum Gasteiger partial charge on any atom is -0.397 e. The zero-order chi connectivity index (χ0) is 16.9. The lowest BCUT2D eigenvalue weighted by Gasteiger charge is -2.17. The lowest BCUT2D eigenvalue weighted by molar-refractivity contribution is 0.0395. The van der Waals surface area contributed by atoms with Gasteiger partial charge in [-0.25, -0.2) is 0 Å². The van der Waals surface area contributed by atoms with E-state index in [0.29, 0.717) is 12.2 Å². The largest absolute Gasteiger partial charge is 0.397 e. The van der Waals surface area contributed by atoms with E-state index < -0.39 is 6.10 Å². The minimum atomic E-state index is -0.509. The molecule has 0 radical (unpaired) electrons. The van der Waals surface area contributed by atoms with E-state index in [1.54, 1.807) is 6.92 Å². The molecule has 124 valence electrons. The number of Topliss-reactive ketones (excluding diaryl/α,β-unsaturated/α-hetero) is 1. The molecule has 1 unspecified atom stereocenters. The third kappa shape index (κ3) is 6.76. The average molecular weight is 314 g/mol. The number of hydrogen-bond acceptors (Lipinski definition) is 3. The Balaban J connectivity index is 0.000000816. The Morgan fingerprint density at radius 1 is 1.00 bits per heavy atom. The molecule has 0 heterocycles. The van der Waals surface area contributed by atoms with E-state index in [1.165, 1.54) is 0 Å². The predicted octanol–water partition coefficient (Wildman–Crippen LogP) is 4.43. The zero-order valence-corrected chi connectivity index (χ0v) is 13.9. The molecule has 0 amide bonds. The van der Waals surface area contributed by atoms with Crippen molar-refractivity contribution in [2.75, 3.05) is 13.2 Å². The predicted molar refractivity (Wildman–Crippen MR) is 93.6 cm³/mol. The van der Waals surface area contributed by atoms with Crippen LogP contribution < -0.4 is 0 Å². The summed E-state index contributed by atoms with van der Waals surface area (Å²) in [6.45, 7) is 4.65. The van der Waals surface area contributed by atoms with Crippen LogP contribution in [0.5, 0.6) is 0 Å². The van der Waals surface area contributed by atoms with Crippen LogP contribution in [0.2, 0.25) is 0 Å². The maximum atomic E-state index is 12.6. The zero-order valence-electron chi connectivity index (χ0n) is 13.9. The lowest BCUT2D eigenvalue weighted by Crippen LogP contribution is -2.17. The summed E-state index contributed by atoms with van der Waals surface area (Å²) in [4.78, 5) is 12.6. The van der Waals surface area contributed by atoms with Crippen molar-refractivity contribution in [3.63, 3.8) is 0 Å². The van der Waals surface area contributed by atoms with Crippen molar-refractivity contribution in [2.24, 2.45) is 0 Å². The van der Waals surface area contributed by atoms with E-state index in [1.807, 2.05) is 60.7 Å². The van der Waals surface area contributed by atoms with Crippen molar-refractivity contribution in [1.29, 1.82) is 0 Å². The molecular weight excluding hydrogens is 288 g/mol. The molecule has 0 aliphatic rings. The van der Waals surface area contributed by atoms with Crippen LogP contribution >= 0.6 is 0 Å².